The minimum absolute atomic E-state index is 0.00735. The van der Waals surface area contributed by atoms with Gasteiger partial charge in [0, 0.05) is 37.0 Å². The van der Waals surface area contributed by atoms with E-state index < -0.39 is 88.8 Å². The van der Waals surface area contributed by atoms with E-state index in [0.29, 0.717) is 78.6 Å². The zero-order valence-corrected chi connectivity index (χ0v) is 59.5. The van der Waals surface area contributed by atoms with Crippen LogP contribution in [-0.2, 0) is 70.3 Å². The van der Waals surface area contributed by atoms with E-state index in [2.05, 4.69) is 61.0 Å². The Labute approximate surface area is 607 Å². The number of rotatable bonds is 20. The zero-order valence-electron chi connectivity index (χ0n) is 59.5. The van der Waals surface area contributed by atoms with Crippen LogP contribution in [0.4, 0.5) is 74.6 Å². The molecule has 106 heavy (non-hydrogen) atoms. The van der Waals surface area contributed by atoms with Gasteiger partial charge in [-0.05, 0) is 254 Å². The van der Waals surface area contributed by atoms with Gasteiger partial charge in [-0.3, -0.25) is 14.4 Å². The Balaban J connectivity index is 0.000000199. The van der Waals surface area contributed by atoms with Gasteiger partial charge in [0.2, 0.25) is 17.7 Å². The first-order valence-corrected chi connectivity index (χ1v) is 36.2. The average Bonchev–Trinajstić information content (AvgIpc) is 1.60. The third-order valence-corrected chi connectivity index (χ3v) is 20.2. The van der Waals surface area contributed by atoms with Crippen molar-refractivity contribution in [3.63, 3.8) is 0 Å². The number of carbonyl (C=O) groups excluding carboxylic acids is 3. The lowest BCUT2D eigenvalue weighted by Crippen LogP contribution is -2.45. The van der Waals surface area contributed by atoms with Crippen LogP contribution < -0.4 is 16.0 Å². The van der Waals surface area contributed by atoms with Crippen LogP contribution in [0.1, 0.15) is 194 Å². The smallest absolute Gasteiger partial charge is 0.352 e. The molecule has 3 amide bonds. The first kappa shape index (κ1) is 83.8. The molecule has 1 spiro atoms. The van der Waals surface area contributed by atoms with Crippen LogP contribution in [0.5, 0.6) is 0 Å². The van der Waals surface area contributed by atoms with Crippen LogP contribution in [0.3, 0.4) is 0 Å². The molecule has 0 aromatic heterocycles. The van der Waals surface area contributed by atoms with Gasteiger partial charge in [-0.1, -0.05) is 99.0 Å². The SMILES string of the molecule is CC.Cc1cc(CNC(=O)[C@@H](CCCN2CCCCC2)c2ccc(F)cc2)cc(C(F)(F)F)c1.O=C(NCc1cc(C(F)(F)F)cc(C(F)(F)F)c1)[C@@H](CCCN1CCCCC1)c1ccc(F)cc1.O=C(NCc1cc(C(F)(F)F)cc(C(F)(F)F)c1)[C@H]1CC[C@@H](N2CCC3(C=Cc4ccccc43)CC2)C1. The summed E-state index contributed by atoms with van der Waals surface area (Å²) in [6, 6.07) is 26.4. The molecule has 0 unspecified atom stereocenters. The van der Waals surface area contributed by atoms with Crippen molar-refractivity contribution in [3.8, 4) is 0 Å². The Bertz CT molecular complexity index is 3790. The highest BCUT2D eigenvalue weighted by atomic mass is 19.4. The van der Waals surface area contributed by atoms with Crippen LogP contribution in [0.15, 0.2) is 133 Å². The number of nitrogens with one attached hydrogen (secondary N) is 3. The van der Waals surface area contributed by atoms with Crippen molar-refractivity contribution in [1.29, 1.82) is 0 Å². The van der Waals surface area contributed by atoms with Gasteiger partial charge in [0.15, 0.2) is 0 Å². The topological polar surface area (TPSA) is 97.0 Å². The van der Waals surface area contributed by atoms with Gasteiger partial charge in [-0.2, -0.15) is 65.9 Å². The summed E-state index contributed by atoms with van der Waals surface area (Å²) in [7, 11) is 0. The first-order chi connectivity index (χ1) is 50.1. The lowest BCUT2D eigenvalue weighted by Gasteiger charge is -2.42. The van der Waals surface area contributed by atoms with E-state index in [9.17, 15) is 89.0 Å². The summed E-state index contributed by atoms with van der Waals surface area (Å²) in [4.78, 5) is 45.9. The molecule has 11 rings (SSSR count). The molecule has 3 heterocycles. The molecule has 6 aromatic rings. The Hall–Kier alpha value is -7.84. The minimum Gasteiger partial charge on any atom is -0.352 e. The number of hydrogen-bond acceptors (Lipinski definition) is 6. The van der Waals surface area contributed by atoms with Gasteiger partial charge in [0.25, 0.3) is 0 Å². The largest absolute Gasteiger partial charge is 0.416 e. The second-order valence-corrected chi connectivity index (χ2v) is 27.8. The summed E-state index contributed by atoms with van der Waals surface area (Å²) in [6.45, 7) is 12.3. The molecule has 2 aliphatic carbocycles. The molecule has 1 saturated carbocycles. The summed E-state index contributed by atoms with van der Waals surface area (Å²) in [5.41, 5.74) is -2.04. The molecule has 4 atom stereocenters. The van der Waals surface area contributed by atoms with Gasteiger partial charge in [0.05, 0.1) is 39.7 Å². The van der Waals surface area contributed by atoms with Crippen LogP contribution in [-0.4, -0.2) is 90.8 Å². The number of allylic oxidation sites excluding steroid dienone is 1. The van der Waals surface area contributed by atoms with Gasteiger partial charge in [-0.15, -0.1) is 0 Å². The molecule has 3 aliphatic heterocycles. The molecule has 3 N–H and O–H groups in total. The van der Waals surface area contributed by atoms with E-state index in [4.69, 9.17) is 0 Å². The number of aryl methyl sites for hydroxylation is 1. The fourth-order valence-electron chi connectivity index (χ4n) is 14.7. The quantitative estimate of drug-likeness (QED) is 0.0659. The van der Waals surface area contributed by atoms with Crippen LogP contribution >= 0.6 is 0 Å². The van der Waals surface area contributed by atoms with Gasteiger partial charge in [-0.25, -0.2) is 8.78 Å². The number of halogens is 17. The number of benzene rings is 6. The van der Waals surface area contributed by atoms with Crippen molar-refractivity contribution in [3.05, 3.63) is 217 Å². The Morgan fingerprint density at radius 2 is 0.858 bits per heavy atom. The van der Waals surface area contributed by atoms with Crippen molar-refractivity contribution < 1.29 is 89.0 Å². The lowest BCUT2D eigenvalue weighted by molar-refractivity contribution is -0.144. The maximum absolute atomic E-state index is 13.4. The number of piperidine rings is 3. The van der Waals surface area contributed by atoms with E-state index in [1.165, 1.54) is 73.2 Å². The van der Waals surface area contributed by atoms with Gasteiger partial charge < -0.3 is 30.7 Å². The Morgan fingerprint density at radius 3 is 1.27 bits per heavy atom. The van der Waals surface area contributed by atoms with Crippen molar-refractivity contribution >= 4 is 23.8 Å². The molecule has 9 nitrogen and oxygen atoms in total. The van der Waals surface area contributed by atoms with E-state index in [-0.39, 0.29) is 71.4 Å². The maximum atomic E-state index is 13.4. The highest BCUT2D eigenvalue weighted by Crippen LogP contribution is 2.46. The predicted molar refractivity (Wildman–Crippen MR) is 372 cm³/mol. The van der Waals surface area contributed by atoms with E-state index in [1.54, 1.807) is 25.1 Å². The predicted octanol–water partition coefficient (Wildman–Crippen LogP) is 19.9. The second-order valence-electron chi connectivity index (χ2n) is 27.8. The first-order valence-electron chi connectivity index (χ1n) is 36.2. The van der Waals surface area contributed by atoms with E-state index in [1.807, 2.05) is 19.9 Å². The summed E-state index contributed by atoms with van der Waals surface area (Å²) in [5, 5.41) is 7.84. The molecule has 0 bridgehead atoms. The number of likely N-dealkylation sites (tertiary alicyclic amines) is 3. The molecule has 3 saturated heterocycles. The maximum Gasteiger partial charge on any atom is 0.416 e. The van der Waals surface area contributed by atoms with Crippen molar-refractivity contribution in [1.82, 2.24) is 30.7 Å². The van der Waals surface area contributed by atoms with Gasteiger partial charge >= 0.3 is 30.9 Å². The highest BCUT2D eigenvalue weighted by molar-refractivity contribution is 5.84. The normalized spacial score (nSPS) is 18.4. The summed E-state index contributed by atoms with van der Waals surface area (Å²) < 4.78 is 223. The fourth-order valence-corrected chi connectivity index (χ4v) is 14.7. The van der Waals surface area contributed by atoms with Crippen molar-refractivity contribution in [2.75, 3.05) is 52.4 Å². The van der Waals surface area contributed by atoms with Crippen molar-refractivity contribution in [2.24, 2.45) is 5.92 Å². The fraction of sp³-hybridized carbons (Fsp3) is 0.487. The van der Waals surface area contributed by atoms with E-state index in [0.717, 1.165) is 103 Å². The zero-order chi connectivity index (χ0) is 77.2. The third kappa shape index (κ3) is 24.3. The van der Waals surface area contributed by atoms with Gasteiger partial charge in [0.1, 0.15) is 11.6 Å². The molecule has 5 aliphatic rings. The summed E-state index contributed by atoms with van der Waals surface area (Å²) in [6.07, 6.45) is -6.01. The number of hydrogen-bond donors (Lipinski definition) is 3. The number of amides is 3. The highest BCUT2D eigenvalue weighted by Gasteiger charge is 2.43. The van der Waals surface area contributed by atoms with Crippen LogP contribution in [0.25, 0.3) is 6.08 Å². The summed E-state index contributed by atoms with van der Waals surface area (Å²) >= 11 is 0. The lowest BCUT2D eigenvalue weighted by atomic mass is 9.74. The summed E-state index contributed by atoms with van der Waals surface area (Å²) in [5.74, 6) is -3.48. The molecule has 26 heteroatoms. The van der Waals surface area contributed by atoms with Crippen molar-refractivity contribution in [2.45, 2.75) is 191 Å². The van der Waals surface area contributed by atoms with E-state index >= 15 is 0 Å². The minimum atomic E-state index is -4.97. The Kier molecular flexibility index (Phi) is 29.5. The molecular weight excluding hydrogens is 1420 g/mol. The van der Waals surface area contributed by atoms with Crippen LogP contribution in [0, 0.1) is 24.5 Å². The molecule has 0 radical (unpaired) electrons. The molecule has 578 valence electrons. The number of alkyl halides is 15. The van der Waals surface area contributed by atoms with Crippen LogP contribution in [0.2, 0.25) is 0 Å². The molecular formula is C80H91F17N6O3. The Morgan fingerprint density at radius 1 is 0.472 bits per heavy atom. The standard InChI is InChI=1S/C28H28F6N2O.C25H27F7N2O.C25H30F4N2O.C2H6/c29-27(30,31)21-13-18(14-22(16-21)28(32,33)34)17-35-25(37)20-5-6-23(15-20)36-11-9-26(10-12-36)8-7-19-3-1-2-4-24(19)26;26-21-8-6-18(7-9-21)22(5-4-12-34-10-2-1-3-11-34)23(35)33-16-17-13-19(24(27,28)29)15-20(14-17)25(30,31)32;1-18-14-19(16-21(15-18)25(27,28)29)17-30-24(32)23(20-7-9-22(26)10-8-20)6-5-13-31-11-3-2-4-12-31;1-2/h1-4,7-8,13-14,16,20,23H,5-6,9-12,15,17H2,(H,35,37);6-9,13-15,22H,1-5,10-12,16H2,(H,33,35);7-10,14-16,23H,2-6,11-13,17H2,1H3,(H,30,32);1-2H3/t20-,23+;22-;23-;/m000./s1. The molecule has 6 aromatic carbocycles. The number of fused-ring (bicyclic) bond motifs is 2. The number of carbonyl (C=O) groups is 3. The second kappa shape index (κ2) is 37.3. The third-order valence-electron chi connectivity index (χ3n) is 20.2. The monoisotopic (exact) mass is 1510 g/mol. The average molecular weight is 1510 g/mol. The molecule has 4 fully saturated rings. The number of nitrogens with zero attached hydrogens (tertiary/aromatic N) is 3.